The van der Waals surface area contributed by atoms with Gasteiger partial charge in [0, 0.05) is 26.4 Å². The van der Waals surface area contributed by atoms with Crippen molar-refractivity contribution in [3.8, 4) is 0 Å². The average Bonchev–Trinajstić information content (AvgIpc) is 2.32. The SMILES string of the molecule is Cc1ccc(SCc2cc(Cl)ccc2Cl)c(N)c1. The molecule has 0 saturated heterocycles. The molecule has 0 unspecified atom stereocenters. The van der Waals surface area contributed by atoms with Crippen LogP contribution in [0.15, 0.2) is 41.3 Å². The molecule has 0 amide bonds. The Morgan fingerprint density at radius 1 is 1.11 bits per heavy atom. The van der Waals surface area contributed by atoms with Gasteiger partial charge in [0.2, 0.25) is 0 Å². The van der Waals surface area contributed by atoms with Gasteiger partial charge in [0.1, 0.15) is 0 Å². The van der Waals surface area contributed by atoms with Crippen molar-refractivity contribution in [3.63, 3.8) is 0 Å². The van der Waals surface area contributed by atoms with Crippen molar-refractivity contribution < 1.29 is 0 Å². The first-order valence-corrected chi connectivity index (χ1v) is 7.23. The van der Waals surface area contributed by atoms with Gasteiger partial charge in [0.25, 0.3) is 0 Å². The fraction of sp³-hybridized carbons (Fsp3) is 0.143. The summed E-state index contributed by atoms with van der Waals surface area (Å²) in [6.07, 6.45) is 0. The third-order valence-corrected chi connectivity index (χ3v) is 4.30. The van der Waals surface area contributed by atoms with Gasteiger partial charge in [-0.15, -0.1) is 11.8 Å². The van der Waals surface area contributed by atoms with Crippen LogP contribution in [-0.4, -0.2) is 0 Å². The molecule has 0 aliphatic rings. The molecule has 0 radical (unpaired) electrons. The Bertz CT molecular complexity index is 570. The van der Waals surface area contributed by atoms with Crippen molar-refractivity contribution in [1.82, 2.24) is 0 Å². The van der Waals surface area contributed by atoms with E-state index in [1.54, 1.807) is 17.8 Å². The number of nitrogen functional groups attached to an aromatic ring is 1. The minimum atomic E-state index is 0.701. The fourth-order valence-electron chi connectivity index (χ4n) is 1.61. The Hall–Kier alpha value is -0.830. The van der Waals surface area contributed by atoms with Gasteiger partial charge < -0.3 is 5.73 Å². The lowest BCUT2D eigenvalue weighted by Gasteiger charge is -2.08. The molecule has 94 valence electrons. The van der Waals surface area contributed by atoms with E-state index >= 15 is 0 Å². The number of rotatable bonds is 3. The molecule has 0 bridgehead atoms. The molecule has 2 aromatic carbocycles. The third kappa shape index (κ3) is 3.35. The Balaban J connectivity index is 2.13. The molecule has 18 heavy (non-hydrogen) atoms. The van der Waals surface area contributed by atoms with Gasteiger partial charge in [0.05, 0.1) is 0 Å². The van der Waals surface area contributed by atoms with E-state index in [1.807, 2.05) is 31.2 Å². The first kappa shape index (κ1) is 13.6. The van der Waals surface area contributed by atoms with Crippen molar-refractivity contribution in [2.75, 3.05) is 5.73 Å². The van der Waals surface area contributed by atoms with Gasteiger partial charge in [-0.2, -0.15) is 0 Å². The molecule has 0 saturated carbocycles. The third-order valence-electron chi connectivity index (χ3n) is 2.56. The van der Waals surface area contributed by atoms with Gasteiger partial charge >= 0.3 is 0 Å². The maximum atomic E-state index is 6.12. The van der Waals surface area contributed by atoms with E-state index in [1.165, 1.54) is 0 Å². The van der Waals surface area contributed by atoms with Gasteiger partial charge in [-0.1, -0.05) is 29.3 Å². The molecule has 0 heterocycles. The van der Waals surface area contributed by atoms with Crippen molar-refractivity contribution in [1.29, 1.82) is 0 Å². The first-order valence-electron chi connectivity index (χ1n) is 5.49. The van der Waals surface area contributed by atoms with Crippen molar-refractivity contribution >= 4 is 40.7 Å². The molecule has 4 heteroatoms. The van der Waals surface area contributed by atoms with Gasteiger partial charge in [-0.25, -0.2) is 0 Å². The highest BCUT2D eigenvalue weighted by Gasteiger charge is 2.05. The normalized spacial score (nSPS) is 10.6. The summed E-state index contributed by atoms with van der Waals surface area (Å²) in [5.41, 5.74) is 8.96. The number of hydrogen-bond acceptors (Lipinski definition) is 2. The zero-order valence-electron chi connectivity index (χ0n) is 9.91. The van der Waals surface area contributed by atoms with Crippen LogP contribution in [0.5, 0.6) is 0 Å². The molecular weight excluding hydrogens is 285 g/mol. The lowest BCUT2D eigenvalue weighted by atomic mass is 10.2. The number of halogens is 2. The Morgan fingerprint density at radius 2 is 1.89 bits per heavy atom. The second kappa shape index (κ2) is 5.87. The molecule has 0 aliphatic carbocycles. The van der Waals surface area contributed by atoms with Crippen molar-refractivity contribution in [2.45, 2.75) is 17.6 Å². The summed E-state index contributed by atoms with van der Waals surface area (Å²) < 4.78 is 0. The van der Waals surface area contributed by atoms with E-state index in [0.29, 0.717) is 5.02 Å². The van der Waals surface area contributed by atoms with Crippen LogP contribution in [-0.2, 0) is 5.75 Å². The van der Waals surface area contributed by atoms with Crippen LogP contribution in [0.1, 0.15) is 11.1 Å². The van der Waals surface area contributed by atoms with Gasteiger partial charge in [-0.05, 0) is 48.4 Å². The molecule has 2 aromatic rings. The summed E-state index contributed by atoms with van der Waals surface area (Å²) in [6, 6.07) is 11.6. The van der Waals surface area contributed by atoms with Crippen LogP contribution in [0.2, 0.25) is 10.0 Å². The number of aryl methyl sites for hydroxylation is 1. The highest BCUT2D eigenvalue weighted by molar-refractivity contribution is 7.98. The average molecular weight is 298 g/mol. The van der Waals surface area contributed by atoms with Gasteiger partial charge in [-0.3, -0.25) is 0 Å². The maximum Gasteiger partial charge on any atom is 0.0454 e. The quantitative estimate of drug-likeness (QED) is 0.624. The minimum absolute atomic E-state index is 0.701. The number of nitrogens with two attached hydrogens (primary N) is 1. The van der Waals surface area contributed by atoms with E-state index in [9.17, 15) is 0 Å². The van der Waals surface area contributed by atoms with Crippen LogP contribution in [0.4, 0.5) is 5.69 Å². The van der Waals surface area contributed by atoms with E-state index < -0.39 is 0 Å². The Morgan fingerprint density at radius 3 is 2.61 bits per heavy atom. The van der Waals surface area contributed by atoms with Crippen LogP contribution in [0.25, 0.3) is 0 Å². The standard InChI is InChI=1S/C14H13Cl2NS/c1-9-2-5-14(13(17)6-9)18-8-10-7-11(15)3-4-12(10)16/h2-7H,8,17H2,1H3. The topological polar surface area (TPSA) is 26.0 Å². The number of anilines is 1. The van der Waals surface area contributed by atoms with Crippen LogP contribution >= 0.6 is 35.0 Å². The molecule has 0 aliphatic heterocycles. The monoisotopic (exact) mass is 297 g/mol. The lowest BCUT2D eigenvalue weighted by Crippen LogP contribution is -1.90. The second-order valence-corrected chi connectivity index (χ2v) is 5.93. The minimum Gasteiger partial charge on any atom is -0.398 e. The largest absolute Gasteiger partial charge is 0.398 e. The molecule has 1 nitrogen and oxygen atoms in total. The van der Waals surface area contributed by atoms with Gasteiger partial charge in [0.15, 0.2) is 0 Å². The van der Waals surface area contributed by atoms with Crippen LogP contribution in [0.3, 0.4) is 0 Å². The van der Waals surface area contributed by atoms with E-state index in [2.05, 4.69) is 6.07 Å². The summed E-state index contributed by atoms with van der Waals surface area (Å²) in [4.78, 5) is 1.07. The fourth-order valence-corrected chi connectivity index (χ4v) is 3.01. The smallest absolute Gasteiger partial charge is 0.0454 e. The number of benzene rings is 2. The molecule has 0 spiro atoms. The zero-order valence-corrected chi connectivity index (χ0v) is 12.2. The highest BCUT2D eigenvalue weighted by Crippen LogP contribution is 2.31. The number of hydrogen-bond donors (Lipinski definition) is 1. The predicted molar refractivity (Wildman–Crippen MR) is 81.6 cm³/mol. The summed E-state index contributed by atoms with van der Waals surface area (Å²) >= 11 is 13.7. The van der Waals surface area contributed by atoms with Crippen LogP contribution in [0, 0.1) is 6.92 Å². The van der Waals surface area contributed by atoms with E-state index in [4.69, 9.17) is 28.9 Å². The molecule has 2 rings (SSSR count). The molecule has 0 fully saturated rings. The van der Waals surface area contributed by atoms with E-state index in [0.717, 1.165) is 32.5 Å². The molecule has 0 atom stereocenters. The summed E-state index contributed by atoms with van der Waals surface area (Å²) in [7, 11) is 0. The number of thioether (sulfide) groups is 1. The zero-order chi connectivity index (χ0) is 13.1. The van der Waals surface area contributed by atoms with E-state index in [-0.39, 0.29) is 0 Å². The van der Waals surface area contributed by atoms with Crippen molar-refractivity contribution in [3.05, 3.63) is 57.6 Å². The lowest BCUT2D eigenvalue weighted by molar-refractivity contribution is 1.35. The molecule has 0 aromatic heterocycles. The summed E-state index contributed by atoms with van der Waals surface area (Å²) in [5.74, 6) is 0.757. The molecule has 2 N–H and O–H groups in total. The molecular formula is C14H13Cl2NS. The van der Waals surface area contributed by atoms with Crippen LogP contribution < -0.4 is 5.73 Å². The predicted octanol–water partition coefficient (Wildman–Crippen LogP) is 5.18. The highest BCUT2D eigenvalue weighted by atomic mass is 35.5. The first-order chi connectivity index (χ1) is 8.56. The Labute approximate surface area is 121 Å². The van der Waals surface area contributed by atoms with Crippen molar-refractivity contribution in [2.24, 2.45) is 0 Å². The second-order valence-electron chi connectivity index (χ2n) is 4.07. The summed E-state index contributed by atoms with van der Waals surface area (Å²) in [6.45, 7) is 2.03. The summed E-state index contributed by atoms with van der Waals surface area (Å²) in [5, 5.41) is 1.43. The Kier molecular flexibility index (Phi) is 4.44. The maximum absolute atomic E-state index is 6.12.